The number of hydrogen-bond acceptors (Lipinski definition) is 3. The third-order valence-electron chi connectivity index (χ3n) is 6.57. The second kappa shape index (κ2) is 11.4. The molecule has 0 radical (unpaired) electrons. The van der Waals surface area contributed by atoms with Crippen LogP contribution >= 0.6 is 0 Å². The van der Waals surface area contributed by atoms with Crippen LogP contribution in [0, 0.1) is 0 Å². The summed E-state index contributed by atoms with van der Waals surface area (Å²) in [6.07, 6.45) is 9.17. The van der Waals surface area contributed by atoms with Crippen LogP contribution in [0.2, 0.25) is 0 Å². The molecule has 5 nitrogen and oxygen atoms in total. The Labute approximate surface area is 177 Å². The van der Waals surface area contributed by atoms with Crippen molar-refractivity contribution in [2.75, 3.05) is 33.3 Å². The van der Waals surface area contributed by atoms with E-state index in [0.717, 1.165) is 37.3 Å². The van der Waals surface area contributed by atoms with Gasteiger partial charge in [-0.15, -0.1) is 0 Å². The zero-order chi connectivity index (χ0) is 20.5. The molecule has 162 valence electrons. The second-order valence-electron chi connectivity index (χ2n) is 8.62. The highest BCUT2D eigenvalue weighted by molar-refractivity contribution is 5.80. The van der Waals surface area contributed by atoms with Gasteiger partial charge in [0.25, 0.3) is 0 Å². The van der Waals surface area contributed by atoms with Crippen LogP contribution in [0.25, 0.3) is 0 Å². The Kier molecular flexibility index (Phi) is 8.66. The zero-order valence-corrected chi connectivity index (χ0v) is 18.6. The number of methoxy groups -OCH3 is 1. The Morgan fingerprint density at radius 2 is 1.83 bits per heavy atom. The molecule has 0 bridgehead atoms. The van der Waals surface area contributed by atoms with Crippen LogP contribution in [0.5, 0.6) is 5.75 Å². The van der Waals surface area contributed by atoms with E-state index < -0.39 is 0 Å². The number of likely N-dealkylation sites (tertiary alicyclic amines) is 1. The molecule has 0 amide bonds. The fourth-order valence-electron chi connectivity index (χ4n) is 4.66. The molecule has 1 aliphatic carbocycles. The van der Waals surface area contributed by atoms with Gasteiger partial charge in [-0.05, 0) is 62.6 Å². The number of guanidine groups is 1. The van der Waals surface area contributed by atoms with Crippen molar-refractivity contribution in [2.24, 2.45) is 4.99 Å². The standard InChI is InChI=1S/C24H40N4O/c1-4-25-24(26-16-13-19(2)20-9-11-23(29-3)12-10-20)27-21-14-17-28(18-15-21)22-7-5-6-8-22/h9-12,19,21-22H,4-8,13-18H2,1-3H3,(H2,25,26,27). The van der Waals surface area contributed by atoms with Crippen molar-refractivity contribution < 1.29 is 4.74 Å². The van der Waals surface area contributed by atoms with Crippen LogP contribution in [-0.2, 0) is 0 Å². The van der Waals surface area contributed by atoms with Gasteiger partial charge in [0, 0.05) is 38.3 Å². The number of nitrogens with one attached hydrogen (secondary N) is 2. The third kappa shape index (κ3) is 6.63. The first-order chi connectivity index (χ1) is 14.2. The number of rotatable bonds is 8. The lowest BCUT2D eigenvalue weighted by Gasteiger charge is -2.36. The van der Waals surface area contributed by atoms with Gasteiger partial charge in [-0.1, -0.05) is 31.9 Å². The van der Waals surface area contributed by atoms with Crippen LogP contribution in [0.4, 0.5) is 0 Å². The molecule has 5 heteroatoms. The summed E-state index contributed by atoms with van der Waals surface area (Å²) in [5.74, 6) is 2.38. The molecule has 1 aromatic rings. The van der Waals surface area contributed by atoms with Gasteiger partial charge < -0.3 is 20.3 Å². The van der Waals surface area contributed by atoms with Gasteiger partial charge in [0.15, 0.2) is 5.96 Å². The lowest BCUT2D eigenvalue weighted by Crippen LogP contribution is -2.50. The molecule has 1 aliphatic heterocycles. The van der Waals surface area contributed by atoms with Gasteiger partial charge in [0.1, 0.15) is 5.75 Å². The first-order valence-electron chi connectivity index (χ1n) is 11.6. The third-order valence-corrected chi connectivity index (χ3v) is 6.57. The molecule has 1 saturated heterocycles. The maximum atomic E-state index is 5.25. The molecule has 0 aromatic heterocycles. The van der Waals surface area contributed by atoms with Crippen LogP contribution in [0.3, 0.4) is 0 Å². The van der Waals surface area contributed by atoms with Crippen LogP contribution in [0.1, 0.15) is 70.3 Å². The normalized spacial score (nSPS) is 20.6. The minimum absolute atomic E-state index is 0.488. The van der Waals surface area contributed by atoms with Crippen molar-refractivity contribution in [1.29, 1.82) is 0 Å². The Morgan fingerprint density at radius 3 is 2.45 bits per heavy atom. The van der Waals surface area contributed by atoms with E-state index in [1.807, 2.05) is 12.1 Å². The van der Waals surface area contributed by atoms with Crippen LogP contribution in [-0.4, -0.2) is 56.2 Å². The number of benzene rings is 1. The highest BCUT2D eigenvalue weighted by Crippen LogP contribution is 2.26. The lowest BCUT2D eigenvalue weighted by molar-refractivity contribution is 0.150. The molecule has 2 N–H and O–H groups in total. The second-order valence-corrected chi connectivity index (χ2v) is 8.62. The molecular weight excluding hydrogens is 360 g/mol. The van der Waals surface area contributed by atoms with Crippen molar-refractivity contribution >= 4 is 5.96 Å². The van der Waals surface area contributed by atoms with E-state index >= 15 is 0 Å². The lowest BCUT2D eigenvalue weighted by atomic mass is 9.98. The maximum absolute atomic E-state index is 5.25. The highest BCUT2D eigenvalue weighted by Gasteiger charge is 2.27. The Morgan fingerprint density at radius 1 is 1.14 bits per heavy atom. The zero-order valence-electron chi connectivity index (χ0n) is 18.6. The fourth-order valence-corrected chi connectivity index (χ4v) is 4.66. The van der Waals surface area contributed by atoms with Crippen LogP contribution in [0.15, 0.2) is 29.3 Å². The van der Waals surface area contributed by atoms with Gasteiger partial charge in [-0.3, -0.25) is 4.99 Å². The average molecular weight is 401 g/mol. The predicted molar refractivity (Wildman–Crippen MR) is 122 cm³/mol. The van der Waals surface area contributed by atoms with E-state index in [2.05, 4.69) is 41.5 Å². The van der Waals surface area contributed by atoms with Crippen LogP contribution < -0.4 is 15.4 Å². The number of piperidine rings is 1. The summed E-state index contributed by atoms with van der Waals surface area (Å²) < 4.78 is 5.25. The summed E-state index contributed by atoms with van der Waals surface area (Å²) in [6, 6.07) is 9.81. The van der Waals surface area contributed by atoms with Gasteiger partial charge in [0.2, 0.25) is 0 Å². The summed E-state index contributed by atoms with van der Waals surface area (Å²) in [5, 5.41) is 7.13. The summed E-state index contributed by atoms with van der Waals surface area (Å²) in [7, 11) is 1.71. The quantitative estimate of drug-likeness (QED) is 0.508. The molecule has 1 unspecified atom stereocenters. The molecule has 1 saturated carbocycles. The molecule has 0 spiro atoms. The average Bonchev–Trinajstić information content (AvgIpc) is 3.29. The summed E-state index contributed by atoms with van der Waals surface area (Å²) in [4.78, 5) is 7.59. The Bertz CT molecular complexity index is 616. The number of hydrogen-bond donors (Lipinski definition) is 2. The van der Waals surface area contributed by atoms with Gasteiger partial charge in [-0.2, -0.15) is 0 Å². The van der Waals surface area contributed by atoms with Crippen molar-refractivity contribution in [3.63, 3.8) is 0 Å². The van der Waals surface area contributed by atoms with E-state index in [0.29, 0.717) is 12.0 Å². The largest absolute Gasteiger partial charge is 0.497 e. The Balaban J connectivity index is 1.44. The minimum atomic E-state index is 0.488. The molecule has 1 heterocycles. The van der Waals surface area contributed by atoms with E-state index in [-0.39, 0.29) is 0 Å². The predicted octanol–water partition coefficient (Wildman–Crippen LogP) is 4.15. The smallest absolute Gasteiger partial charge is 0.191 e. The highest BCUT2D eigenvalue weighted by atomic mass is 16.5. The van der Waals surface area contributed by atoms with Gasteiger partial charge >= 0.3 is 0 Å². The molecule has 1 aromatic carbocycles. The fraction of sp³-hybridized carbons (Fsp3) is 0.708. The van der Waals surface area contributed by atoms with E-state index in [1.54, 1.807) is 7.11 Å². The molecule has 3 rings (SSSR count). The molecule has 2 fully saturated rings. The molecule has 2 aliphatic rings. The number of nitrogens with zero attached hydrogens (tertiary/aromatic N) is 2. The van der Waals surface area contributed by atoms with E-state index in [1.165, 1.54) is 57.2 Å². The monoisotopic (exact) mass is 400 g/mol. The number of aliphatic imine (C=N–C) groups is 1. The van der Waals surface area contributed by atoms with Gasteiger partial charge in [-0.25, -0.2) is 0 Å². The number of ether oxygens (including phenoxy) is 1. The summed E-state index contributed by atoms with van der Waals surface area (Å²) in [6.45, 7) is 8.62. The molecule has 1 atom stereocenters. The first-order valence-corrected chi connectivity index (χ1v) is 11.6. The maximum Gasteiger partial charge on any atom is 0.191 e. The van der Waals surface area contributed by atoms with Crippen molar-refractivity contribution in [1.82, 2.24) is 15.5 Å². The molecule has 29 heavy (non-hydrogen) atoms. The summed E-state index contributed by atoms with van der Waals surface area (Å²) >= 11 is 0. The topological polar surface area (TPSA) is 48.9 Å². The van der Waals surface area contributed by atoms with E-state index in [4.69, 9.17) is 9.73 Å². The van der Waals surface area contributed by atoms with Crippen molar-refractivity contribution in [2.45, 2.75) is 76.8 Å². The minimum Gasteiger partial charge on any atom is -0.497 e. The first kappa shape index (κ1) is 21.9. The molecular formula is C24H40N4O. The van der Waals surface area contributed by atoms with E-state index in [9.17, 15) is 0 Å². The SMILES string of the molecule is CCNC(=NCCC(C)c1ccc(OC)cc1)NC1CCN(C2CCCC2)CC1. The summed E-state index contributed by atoms with van der Waals surface area (Å²) in [5.41, 5.74) is 1.35. The van der Waals surface area contributed by atoms with Crippen molar-refractivity contribution in [3.8, 4) is 5.75 Å². The van der Waals surface area contributed by atoms with Crippen molar-refractivity contribution in [3.05, 3.63) is 29.8 Å². The Hall–Kier alpha value is -1.75. The van der Waals surface area contributed by atoms with Gasteiger partial charge in [0.05, 0.1) is 7.11 Å².